The number of aromatic nitrogens is 2. The van der Waals surface area contributed by atoms with Gasteiger partial charge in [0.15, 0.2) is 5.82 Å². The SMILES string of the molecule is CC1CCC(c2nc(C(C)(C)N)no2)O1. The largest absolute Gasteiger partial charge is 0.365 e. The van der Waals surface area contributed by atoms with Gasteiger partial charge in [-0.15, -0.1) is 0 Å². The molecule has 2 unspecified atom stereocenters. The average molecular weight is 211 g/mol. The Bertz CT molecular complexity index is 343. The molecule has 2 heterocycles. The first-order valence-electron chi connectivity index (χ1n) is 5.25. The lowest BCUT2D eigenvalue weighted by molar-refractivity contribution is 0.0355. The first-order chi connectivity index (χ1) is 6.97. The van der Waals surface area contributed by atoms with Crippen LogP contribution in [0.2, 0.25) is 0 Å². The number of nitrogens with two attached hydrogens (primary N) is 1. The molecular formula is C10H17N3O2. The van der Waals surface area contributed by atoms with Crippen molar-refractivity contribution in [1.29, 1.82) is 0 Å². The normalized spacial score (nSPS) is 27.2. The standard InChI is InChI=1S/C10H17N3O2/c1-6-4-5-7(14-6)8-12-9(13-15-8)10(2,3)11/h6-7H,4-5,11H2,1-3H3. The van der Waals surface area contributed by atoms with Gasteiger partial charge in [-0.2, -0.15) is 4.98 Å². The Morgan fingerprint density at radius 2 is 2.13 bits per heavy atom. The second kappa shape index (κ2) is 3.57. The Labute approximate surface area is 89.0 Å². The van der Waals surface area contributed by atoms with Gasteiger partial charge in [0.05, 0.1) is 11.6 Å². The summed E-state index contributed by atoms with van der Waals surface area (Å²) < 4.78 is 10.8. The Hall–Kier alpha value is -0.940. The van der Waals surface area contributed by atoms with E-state index in [0.717, 1.165) is 12.8 Å². The van der Waals surface area contributed by atoms with Crippen molar-refractivity contribution >= 4 is 0 Å². The lowest BCUT2D eigenvalue weighted by Crippen LogP contribution is -2.30. The van der Waals surface area contributed by atoms with E-state index in [1.54, 1.807) is 0 Å². The van der Waals surface area contributed by atoms with Crippen LogP contribution >= 0.6 is 0 Å². The zero-order valence-electron chi connectivity index (χ0n) is 9.36. The third kappa shape index (κ3) is 2.18. The molecule has 0 aliphatic carbocycles. The molecule has 0 saturated carbocycles. The number of ether oxygens (including phenoxy) is 1. The van der Waals surface area contributed by atoms with Gasteiger partial charge in [0.2, 0.25) is 0 Å². The van der Waals surface area contributed by atoms with Crippen molar-refractivity contribution in [3.63, 3.8) is 0 Å². The fourth-order valence-corrected chi connectivity index (χ4v) is 1.61. The van der Waals surface area contributed by atoms with Crippen LogP contribution in [0.25, 0.3) is 0 Å². The molecule has 1 aliphatic heterocycles. The van der Waals surface area contributed by atoms with E-state index in [-0.39, 0.29) is 12.2 Å². The maximum absolute atomic E-state index is 5.87. The highest BCUT2D eigenvalue weighted by Crippen LogP contribution is 2.31. The number of hydrogen-bond donors (Lipinski definition) is 1. The first kappa shape index (κ1) is 10.6. The predicted molar refractivity (Wildman–Crippen MR) is 54.0 cm³/mol. The molecule has 1 aromatic rings. The van der Waals surface area contributed by atoms with Gasteiger partial charge in [-0.3, -0.25) is 0 Å². The first-order valence-corrected chi connectivity index (χ1v) is 5.25. The smallest absolute Gasteiger partial charge is 0.255 e. The van der Waals surface area contributed by atoms with Gasteiger partial charge in [0.1, 0.15) is 6.10 Å². The molecule has 0 amide bonds. The molecule has 0 bridgehead atoms. The zero-order chi connectivity index (χ0) is 11.1. The van der Waals surface area contributed by atoms with E-state index in [9.17, 15) is 0 Å². The molecule has 84 valence electrons. The highest BCUT2D eigenvalue weighted by atomic mass is 16.5. The highest BCUT2D eigenvalue weighted by molar-refractivity contribution is 5.01. The second-order valence-corrected chi connectivity index (χ2v) is 4.69. The summed E-state index contributed by atoms with van der Waals surface area (Å²) in [6, 6.07) is 0. The summed E-state index contributed by atoms with van der Waals surface area (Å²) in [4.78, 5) is 4.27. The van der Waals surface area contributed by atoms with Crippen LogP contribution in [0.3, 0.4) is 0 Å². The summed E-state index contributed by atoms with van der Waals surface area (Å²) in [5.74, 6) is 1.08. The molecule has 2 rings (SSSR count). The molecule has 0 aromatic carbocycles. The molecule has 1 fully saturated rings. The van der Waals surface area contributed by atoms with Crippen molar-refractivity contribution in [3.05, 3.63) is 11.7 Å². The van der Waals surface area contributed by atoms with Crippen LogP contribution in [0.15, 0.2) is 4.52 Å². The predicted octanol–water partition coefficient (Wildman–Crippen LogP) is 1.50. The van der Waals surface area contributed by atoms with Gasteiger partial charge in [0, 0.05) is 0 Å². The van der Waals surface area contributed by atoms with Crippen molar-refractivity contribution in [2.24, 2.45) is 5.73 Å². The molecule has 1 aliphatic rings. The van der Waals surface area contributed by atoms with Gasteiger partial charge >= 0.3 is 0 Å². The van der Waals surface area contributed by atoms with Crippen LogP contribution in [-0.2, 0) is 10.3 Å². The van der Waals surface area contributed by atoms with Crippen LogP contribution < -0.4 is 5.73 Å². The maximum atomic E-state index is 5.87. The summed E-state index contributed by atoms with van der Waals surface area (Å²) in [7, 11) is 0. The molecule has 5 nitrogen and oxygen atoms in total. The molecule has 2 N–H and O–H groups in total. The fourth-order valence-electron chi connectivity index (χ4n) is 1.61. The van der Waals surface area contributed by atoms with E-state index in [1.807, 2.05) is 20.8 Å². The maximum Gasteiger partial charge on any atom is 0.255 e. The van der Waals surface area contributed by atoms with Gasteiger partial charge in [-0.1, -0.05) is 5.16 Å². The summed E-state index contributed by atoms with van der Waals surface area (Å²) in [6.07, 6.45) is 2.20. The minimum absolute atomic E-state index is 0.0522. The van der Waals surface area contributed by atoms with E-state index in [4.69, 9.17) is 15.0 Å². The molecule has 0 radical (unpaired) electrons. The molecule has 2 atom stereocenters. The monoisotopic (exact) mass is 211 g/mol. The van der Waals surface area contributed by atoms with E-state index in [2.05, 4.69) is 10.1 Å². The van der Waals surface area contributed by atoms with Gasteiger partial charge < -0.3 is 15.0 Å². The lowest BCUT2D eigenvalue weighted by Gasteiger charge is -2.11. The molecular weight excluding hydrogens is 194 g/mol. The van der Waals surface area contributed by atoms with Crippen LogP contribution in [0.4, 0.5) is 0 Å². The van der Waals surface area contributed by atoms with E-state index in [1.165, 1.54) is 0 Å². The second-order valence-electron chi connectivity index (χ2n) is 4.69. The number of nitrogens with zero attached hydrogens (tertiary/aromatic N) is 2. The molecule has 15 heavy (non-hydrogen) atoms. The van der Waals surface area contributed by atoms with Crippen LogP contribution in [0, 0.1) is 0 Å². The van der Waals surface area contributed by atoms with Crippen molar-refractivity contribution in [1.82, 2.24) is 10.1 Å². The molecule has 1 aromatic heterocycles. The Kier molecular flexibility index (Phi) is 2.52. The third-order valence-electron chi connectivity index (χ3n) is 2.53. The van der Waals surface area contributed by atoms with E-state index >= 15 is 0 Å². The van der Waals surface area contributed by atoms with Crippen LogP contribution in [0.5, 0.6) is 0 Å². The molecule has 1 saturated heterocycles. The van der Waals surface area contributed by atoms with E-state index in [0.29, 0.717) is 11.7 Å². The Balaban J connectivity index is 2.14. The number of rotatable bonds is 2. The molecule has 0 spiro atoms. The topological polar surface area (TPSA) is 74.2 Å². The minimum Gasteiger partial charge on any atom is -0.365 e. The van der Waals surface area contributed by atoms with E-state index < -0.39 is 5.54 Å². The van der Waals surface area contributed by atoms with Crippen molar-refractivity contribution in [2.45, 2.75) is 51.4 Å². The minimum atomic E-state index is -0.564. The number of hydrogen-bond acceptors (Lipinski definition) is 5. The fraction of sp³-hybridized carbons (Fsp3) is 0.800. The lowest BCUT2D eigenvalue weighted by atomic mass is 10.1. The van der Waals surface area contributed by atoms with Gasteiger partial charge in [0.25, 0.3) is 5.89 Å². The highest BCUT2D eigenvalue weighted by Gasteiger charge is 2.30. The van der Waals surface area contributed by atoms with Crippen molar-refractivity contribution < 1.29 is 9.26 Å². The van der Waals surface area contributed by atoms with Crippen LogP contribution in [0.1, 0.15) is 51.4 Å². The van der Waals surface area contributed by atoms with Gasteiger partial charge in [-0.05, 0) is 33.6 Å². The summed E-state index contributed by atoms with van der Waals surface area (Å²) in [5, 5.41) is 3.87. The average Bonchev–Trinajstić information content (AvgIpc) is 2.69. The Morgan fingerprint density at radius 3 is 2.60 bits per heavy atom. The molecule has 5 heteroatoms. The summed E-state index contributed by atoms with van der Waals surface area (Å²) >= 11 is 0. The van der Waals surface area contributed by atoms with Crippen molar-refractivity contribution in [3.8, 4) is 0 Å². The third-order valence-corrected chi connectivity index (χ3v) is 2.53. The Morgan fingerprint density at radius 1 is 1.40 bits per heavy atom. The quantitative estimate of drug-likeness (QED) is 0.802. The summed E-state index contributed by atoms with van der Waals surface area (Å²) in [5.41, 5.74) is 5.31. The van der Waals surface area contributed by atoms with Crippen LogP contribution in [-0.4, -0.2) is 16.2 Å². The van der Waals surface area contributed by atoms with Gasteiger partial charge in [-0.25, -0.2) is 0 Å². The summed E-state index contributed by atoms with van der Waals surface area (Å²) in [6.45, 7) is 5.74. The zero-order valence-corrected chi connectivity index (χ0v) is 9.36. The van der Waals surface area contributed by atoms with Crippen molar-refractivity contribution in [2.75, 3.05) is 0 Å².